The summed E-state index contributed by atoms with van der Waals surface area (Å²) in [6.45, 7) is 0. The lowest BCUT2D eigenvalue weighted by Crippen LogP contribution is -2.37. The van der Waals surface area contributed by atoms with Gasteiger partial charge in [0.25, 0.3) is 11.8 Å². The molecule has 0 bridgehead atoms. The fourth-order valence-corrected chi connectivity index (χ4v) is 3.90. The molecule has 1 aliphatic carbocycles. The molecule has 1 fully saturated rings. The van der Waals surface area contributed by atoms with E-state index in [2.05, 4.69) is 15.6 Å². The van der Waals surface area contributed by atoms with Gasteiger partial charge in [-0.25, -0.2) is 4.99 Å². The summed E-state index contributed by atoms with van der Waals surface area (Å²) in [6.07, 6.45) is 5.21. The summed E-state index contributed by atoms with van der Waals surface area (Å²) < 4.78 is 0. The first kappa shape index (κ1) is 19.6. The summed E-state index contributed by atoms with van der Waals surface area (Å²) in [5, 5.41) is 15.5. The Morgan fingerprint density at radius 1 is 0.933 bits per heavy atom. The molecule has 2 amide bonds. The highest BCUT2D eigenvalue weighted by atomic mass is 16.2. The molecule has 0 radical (unpaired) electrons. The van der Waals surface area contributed by atoms with Crippen molar-refractivity contribution in [1.29, 1.82) is 5.26 Å². The van der Waals surface area contributed by atoms with Crippen molar-refractivity contribution >= 4 is 23.3 Å². The smallest absolute Gasteiger partial charge is 0.264 e. The number of nitrogens with one attached hydrogen (secondary N) is 2. The average Bonchev–Trinajstić information content (AvgIpc) is 3.14. The predicted molar refractivity (Wildman–Crippen MR) is 114 cm³/mol. The Kier molecular flexibility index (Phi) is 5.71. The molecule has 1 aliphatic heterocycles. The summed E-state index contributed by atoms with van der Waals surface area (Å²) in [5.74, 6) is -0.364. The minimum atomic E-state index is -0.409. The van der Waals surface area contributed by atoms with Gasteiger partial charge < -0.3 is 10.6 Å². The van der Waals surface area contributed by atoms with Gasteiger partial charge in [-0.15, -0.1) is 0 Å². The van der Waals surface area contributed by atoms with Crippen molar-refractivity contribution in [2.45, 2.75) is 38.1 Å². The van der Waals surface area contributed by atoms with Crippen molar-refractivity contribution in [2.24, 2.45) is 4.99 Å². The molecule has 6 heteroatoms. The number of nitriles is 1. The van der Waals surface area contributed by atoms with E-state index in [1.165, 1.54) is 6.42 Å². The summed E-state index contributed by atoms with van der Waals surface area (Å²) in [5.41, 5.74) is 2.12. The van der Waals surface area contributed by atoms with Gasteiger partial charge in [0.05, 0.1) is 5.70 Å². The molecule has 2 N–H and O–H groups in total. The standard InChI is InChI=1S/C24H22N4O2/c25-15-20(24(30)26-17-11-5-2-6-12-17)21-18-13-7-8-14-19(18)22(27-21)28-23(29)16-9-3-1-4-10-16/h1,3-4,7-10,13-14,17H,2,5-6,11-12H2,(H,26,30)(H,27,28,29)/b21-20-. The zero-order valence-electron chi connectivity index (χ0n) is 16.5. The van der Waals surface area contributed by atoms with Crippen molar-refractivity contribution in [3.8, 4) is 6.07 Å². The second-order valence-corrected chi connectivity index (χ2v) is 7.47. The monoisotopic (exact) mass is 398 g/mol. The number of nitrogens with zero attached hydrogens (tertiary/aromatic N) is 2. The highest BCUT2D eigenvalue weighted by molar-refractivity contribution is 6.20. The molecule has 0 unspecified atom stereocenters. The van der Waals surface area contributed by atoms with E-state index in [9.17, 15) is 14.9 Å². The topological polar surface area (TPSA) is 94.3 Å². The zero-order chi connectivity index (χ0) is 20.9. The number of hydrogen-bond acceptors (Lipinski definition) is 4. The lowest BCUT2D eigenvalue weighted by molar-refractivity contribution is -0.117. The van der Waals surface area contributed by atoms with Crippen LogP contribution in [0.25, 0.3) is 5.70 Å². The van der Waals surface area contributed by atoms with Gasteiger partial charge in [0.15, 0.2) is 0 Å². The molecule has 2 aromatic carbocycles. The summed E-state index contributed by atoms with van der Waals surface area (Å²) in [7, 11) is 0. The average molecular weight is 398 g/mol. The minimum Gasteiger partial charge on any atom is -0.349 e. The van der Waals surface area contributed by atoms with Gasteiger partial charge in [-0.1, -0.05) is 61.7 Å². The Hall–Kier alpha value is -3.72. The molecule has 6 nitrogen and oxygen atoms in total. The van der Waals surface area contributed by atoms with Gasteiger partial charge in [0.2, 0.25) is 0 Å². The van der Waals surface area contributed by atoms with Crippen LogP contribution in [0.3, 0.4) is 0 Å². The molecule has 1 saturated carbocycles. The maximum absolute atomic E-state index is 12.8. The Morgan fingerprint density at radius 3 is 2.30 bits per heavy atom. The van der Waals surface area contributed by atoms with E-state index in [1.807, 2.05) is 30.3 Å². The molecular weight excluding hydrogens is 376 g/mol. The Bertz CT molecular complexity index is 1070. The van der Waals surface area contributed by atoms with Crippen molar-refractivity contribution in [3.63, 3.8) is 0 Å². The fraction of sp³-hybridized carbons (Fsp3) is 0.250. The van der Waals surface area contributed by atoms with Crippen LogP contribution in [0.5, 0.6) is 0 Å². The molecule has 4 rings (SSSR count). The molecule has 1 heterocycles. The van der Waals surface area contributed by atoms with Crippen molar-refractivity contribution < 1.29 is 9.59 Å². The summed E-state index contributed by atoms with van der Waals surface area (Å²) >= 11 is 0. The molecule has 0 aromatic heterocycles. The number of rotatable bonds is 3. The third-order valence-corrected chi connectivity index (χ3v) is 5.44. The maximum Gasteiger partial charge on any atom is 0.264 e. The normalized spacial score (nSPS) is 17.4. The number of amidine groups is 1. The Balaban J connectivity index is 1.65. The van der Waals surface area contributed by atoms with Crippen LogP contribution in [0.15, 0.2) is 65.2 Å². The molecule has 30 heavy (non-hydrogen) atoms. The first-order chi connectivity index (χ1) is 14.7. The minimum absolute atomic E-state index is 0.0306. The molecule has 150 valence electrons. The molecular formula is C24H22N4O2. The molecule has 2 aromatic rings. The van der Waals surface area contributed by atoms with E-state index in [-0.39, 0.29) is 17.5 Å². The molecule has 0 spiro atoms. The van der Waals surface area contributed by atoms with Gasteiger partial charge >= 0.3 is 0 Å². The number of carbonyl (C=O) groups is 2. The highest BCUT2D eigenvalue weighted by Gasteiger charge is 2.28. The molecule has 2 aliphatic rings. The SMILES string of the molecule is N#C/C(C(=O)NC1CCCCC1)=C1/N=C(NC(=O)c2ccccc2)c2ccccc21. The van der Waals surface area contributed by atoms with Gasteiger partial charge in [-0.05, 0) is 25.0 Å². The quantitative estimate of drug-likeness (QED) is 0.611. The third kappa shape index (κ3) is 4.01. The van der Waals surface area contributed by atoms with E-state index in [0.29, 0.717) is 28.2 Å². The fourth-order valence-electron chi connectivity index (χ4n) is 3.90. The van der Waals surface area contributed by atoms with Crippen LogP contribution < -0.4 is 10.6 Å². The largest absolute Gasteiger partial charge is 0.349 e. The lowest BCUT2D eigenvalue weighted by atomic mass is 9.95. The van der Waals surface area contributed by atoms with Crippen LogP contribution >= 0.6 is 0 Å². The van der Waals surface area contributed by atoms with Gasteiger partial charge in [-0.2, -0.15) is 5.26 Å². The number of benzene rings is 2. The van der Waals surface area contributed by atoms with Crippen LogP contribution in [0.2, 0.25) is 0 Å². The summed E-state index contributed by atoms with van der Waals surface area (Å²) in [6, 6.07) is 18.2. The number of fused-ring (bicyclic) bond motifs is 1. The highest BCUT2D eigenvalue weighted by Crippen LogP contribution is 2.31. The maximum atomic E-state index is 12.8. The van der Waals surface area contributed by atoms with Crippen LogP contribution in [-0.4, -0.2) is 23.7 Å². The Labute approximate surface area is 175 Å². The number of aliphatic imine (C=N–C) groups is 1. The first-order valence-electron chi connectivity index (χ1n) is 10.2. The number of hydrogen-bond donors (Lipinski definition) is 2. The van der Waals surface area contributed by atoms with E-state index < -0.39 is 5.91 Å². The second kappa shape index (κ2) is 8.75. The van der Waals surface area contributed by atoms with E-state index in [1.54, 1.807) is 30.3 Å². The predicted octanol–water partition coefficient (Wildman–Crippen LogP) is 3.56. The first-order valence-corrected chi connectivity index (χ1v) is 10.2. The summed E-state index contributed by atoms with van der Waals surface area (Å²) in [4.78, 5) is 29.9. The van der Waals surface area contributed by atoms with E-state index >= 15 is 0 Å². The van der Waals surface area contributed by atoms with Crippen LogP contribution in [0, 0.1) is 11.3 Å². The van der Waals surface area contributed by atoms with Gasteiger partial charge in [0, 0.05) is 22.7 Å². The molecule has 0 saturated heterocycles. The van der Waals surface area contributed by atoms with Crippen LogP contribution in [-0.2, 0) is 4.79 Å². The van der Waals surface area contributed by atoms with Gasteiger partial charge in [-0.3, -0.25) is 9.59 Å². The number of carbonyl (C=O) groups excluding carboxylic acids is 2. The van der Waals surface area contributed by atoms with Crippen molar-refractivity contribution in [2.75, 3.05) is 0 Å². The van der Waals surface area contributed by atoms with Crippen molar-refractivity contribution in [3.05, 3.63) is 76.9 Å². The Morgan fingerprint density at radius 2 is 1.60 bits per heavy atom. The van der Waals surface area contributed by atoms with Crippen molar-refractivity contribution in [1.82, 2.24) is 10.6 Å². The van der Waals surface area contributed by atoms with E-state index in [0.717, 1.165) is 25.7 Å². The van der Waals surface area contributed by atoms with Crippen LogP contribution in [0.1, 0.15) is 53.6 Å². The third-order valence-electron chi connectivity index (χ3n) is 5.44. The van der Waals surface area contributed by atoms with Gasteiger partial charge in [0.1, 0.15) is 17.5 Å². The van der Waals surface area contributed by atoms with E-state index in [4.69, 9.17) is 0 Å². The zero-order valence-corrected chi connectivity index (χ0v) is 16.5. The molecule has 0 atom stereocenters. The lowest BCUT2D eigenvalue weighted by Gasteiger charge is -2.22. The second-order valence-electron chi connectivity index (χ2n) is 7.47. The number of amides is 2. The van der Waals surface area contributed by atoms with Crippen LogP contribution in [0.4, 0.5) is 0 Å².